The third-order valence-corrected chi connectivity index (χ3v) is 4.77. The summed E-state index contributed by atoms with van der Waals surface area (Å²) < 4.78 is 6.11. The van der Waals surface area contributed by atoms with Crippen molar-refractivity contribution in [2.24, 2.45) is 0 Å². The lowest BCUT2D eigenvalue weighted by Crippen LogP contribution is -2.16. The molecule has 0 fully saturated rings. The number of anilines is 3. The summed E-state index contributed by atoms with van der Waals surface area (Å²) in [5.74, 6) is 1.63. The molecule has 132 valence electrons. The zero-order chi connectivity index (χ0) is 18.9. The molecular weight excluding hydrogens is 346 g/mol. The van der Waals surface area contributed by atoms with Crippen LogP contribution in [-0.4, -0.2) is 4.98 Å². The van der Waals surface area contributed by atoms with Crippen molar-refractivity contribution >= 4 is 17.1 Å². The fourth-order valence-corrected chi connectivity index (χ4v) is 3.50. The van der Waals surface area contributed by atoms with Gasteiger partial charge in [-0.05, 0) is 42.5 Å². The van der Waals surface area contributed by atoms with Gasteiger partial charge in [0.25, 0.3) is 0 Å². The molecule has 1 aliphatic rings. The molecule has 0 aliphatic carbocycles. The van der Waals surface area contributed by atoms with Gasteiger partial charge in [-0.2, -0.15) is 5.26 Å². The van der Waals surface area contributed by atoms with Gasteiger partial charge in [-0.3, -0.25) is 0 Å². The molecule has 4 heteroatoms. The highest BCUT2D eigenvalue weighted by atomic mass is 16.5. The van der Waals surface area contributed by atoms with Crippen LogP contribution in [0.15, 0.2) is 91.1 Å². The SMILES string of the molecule is N#Cc1ccc(-c2ccccc2N2c3ccccc3Oc3ccccc32)cn1. The van der Waals surface area contributed by atoms with E-state index >= 15 is 0 Å². The van der Waals surface area contributed by atoms with Crippen molar-refractivity contribution in [1.82, 2.24) is 4.98 Å². The van der Waals surface area contributed by atoms with Gasteiger partial charge in [0, 0.05) is 17.3 Å². The Morgan fingerprint density at radius 1 is 0.714 bits per heavy atom. The van der Waals surface area contributed by atoms with Gasteiger partial charge >= 0.3 is 0 Å². The van der Waals surface area contributed by atoms with Crippen molar-refractivity contribution in [3.8, 4) is 28.7 Å². The number of nitriles is 1. The number of pyridine rings is 1. The van der Waals surface area contributed by atoms with E-state index in [0.717, 1.165) is 39.7 Å². The molecule has 3 aromatic carbocycles. The third kappa shape index (κ3) is 2.58. The summed E-state index contributed by atoms with van der Waals surface area (Å²) in [6, 6.07) is 30.0. The van der Waals surface area contributed by atoms with Gasteiger partial charge in [-0.1, -0.05) is 42.5 Å². The number of para-hydroxylation sites is 5. The van der Waals surface area contributed by atoms with Crippen molar-refractivity contribution in [3.63, 3.8) is 0 Å². The predicted molar refractivity (Wildman–Crippen MR) is 109 cm³/mol. The number of ether oxygens (including phenoxy) is 1. The second-order valence-corrected chi connectivity index (χ2v) is 6.43. The number of benzene rings is 3. The van der Waals surface area contributed by atoms with E-state index in [2.05, 4.69) is 40.2 Å². The van der Waals surface area contributed by atoms with E-state index in [4.69, 9.17) is 10.00 Å². The number of rotatable bonds is 2. The normalized spacial score (nSPS) is 11.8. The predicted octanol–water partition coefficient (Wildman–Crippen LogP) is 6.20. The lowest BCUT2D eigenvalue weighted by atomic mass is 10.0. The molecule has 4 aromatic rings. The number of fused-ring (bicyclic) bond motifs is 2. The van der Waals surface area contributed by atoms with Gasteiger partial charge < -0.3 is 9.64 Å². The summed E-state index contributed by atoms with van der Waals surface area (Å²) in [6.45, 7) is 0. The molecule has 0 spiro atoms. The Morgan fingerprint density at radius 3 is 1.93 bits per heavy atom. The van der Waals surface area contributed by atoms with E-state index < -0.39 is 0 Å². The summed E-state index contributed by atoms with van der Waals surface area (Å²) in [4.78, 5) is 6.45. The van der Waals surface area contributed by atoms with Gasteiger partial charge in [0.05, 0.1) is 17.1 Å². The summed E-state index contributed by atoms with van der Waals surface area (Å²) in [5.41, 5.74) is 5.38. The van der Waals surface area contributed by atoms with Crippen LogP contribution in [0, 0.1) is 11.3 Å². The first kappa shape index (κ1) is 16.1. The number of aromatic nitrogens is 1. The zero-order valence-corrected chi connectivity index (χ0v) is 14.9. The van der Waals surface area contributed by atoms with Crippen LogP contribution in [0.3, 0.4) is 0 Å². The Morgan fingerprint density at radius 2 is 1.32 bits per heavy atom. The first-order chi connectivity index (χ1) is 13.8. The van der Waals surface area contributed by atoms with Crippen molar-refractivity contribution in [1.29, 1.82) is 5.26 Å². The summed E-state index contributed by atoms with van der Waals surface area (Å²) in [5, 5.41) is 9.04. The van der Waals surface area contributed by atoms with E-state index in [1.54, 1.807) is 12.3 Å². The van der Waals surface area contributed by atoms with E-state index in [1.807, 2.05) is 54.6 Å². The van der Waals surface area contributed by atoms with E-state index in [0.29, 0.717) is 5.69 Å². The van der Waals surface area contributed by atoms with Crippen LogP contribution in [0.5, 0.6) is 11.5 Å². The van der Waals surface area contributed by atoms with Gasteiger partial charge in [-0.15, -0.1) is 0 Å². The Labute approximate surface area is 162 Å². The van der Waals surface area contributed by atoms with Crippen LogP contribution < -0.4 is 9.64 Å². The first-order valence-electron chi connectivity index (χ1n) is 8.97. The average Bonchev–Trinajstić information content (AvgIpc) is 2.77. The molecule has 0 unspecified atom stereocenters. The van der Waals surface area contributed by atoms with Crippen molar-refractivity contribution in [3.05, 3.63) is 96.8 Å². The Hall–Kier alpha value is -4.10. The third-order valence-electron chi connectivity index (χ3n) is 4.77. The Balaban J connectivity index is 1.74. The monoisotopic (exact) mass is 361 g/mol. The molecule has 0 amide bonds. The average molecular weight is 361 g/mol. The van der Waals surface area contributed by atoms with Gasteiger partial charge in [0.15, 0.2) is 11.5 Å². The van der Waals surface area contributed by atoms with Gasteiger partial charge in [0.2, 0.25) is 0 Å². The topological polar surface area (TPSA) is 49.2 Å². The molecule has 0 saturated heterocycles. The van der Waals surface area contributed by atoms with Gasteiger partial charge in [0.1, 0.15) is 11.8 Å². The second kappa shape index (κ2) is 6.57. The molecule has 2 heterocycles. The fraction of sp³-hybridized carbons (Fsp3) is 0. The van der Waals surface area contributed by atoms with Crippen LogP contribution in [0.2, 0.25) is 0 Å². The standard InChI is InChI=1S/C24H15N3O/c25-15-18-14-13-17(16-26-18)19-7-1-2-8-20(19)27-21-9-3-5-11-23(21)28-24-12-6-4-10-22(24)27/h1-14,16H. The lowest BCUT2D eigenvalue weighted by Gasteiger charge is -2.34. The maximum Gasteiger partial charge on any atom is 0.151 e. The molecule has 0 N–H and O–H groups in total. The zero-order valence-electron chi connectivity index (χ0n) is 14.9. The van der Waals surface area contributed by atoms with Crippen molar-refractivity contribution < 1.29 is 4.74 Å². The van der Waals surface area contributed by atoms with Crippen molar-refractivity contribution in [2.75, 3.05) is 4.90 Å². The minimum atomic E-state index is 0.406. The molecule has 0 radical (unpaired) electrons. The molecule has 0 saturated carbocycles. The summed E-state index contributed by atoms with van der Waals surface area (Å²) >= 11 is 0. The molecule has 5 rings (SSSR count). The molecule has 4 nitrogen and oxygen atoms in total. The van der Waals surface area contributed by atoms with Crippen LogP contribution in [0.4, 0.5) is 17.1 Å². The Bertz CT molecular complexity index is 1160. The van der Waals surface area contributed by atoms with Crippen LogP contribution in [0.1, 0.15) is 5.69 Å². The summed E-state index contributed by atoms with van der Waals surface area (Å²) in [6.07, 6.45) is 1.75. The van der Waals surface area contributed by atoms with E-state index in [1.165, 1.54) is 0 Å². The number of nitrogens with zero attached hydrogens (tertiary/aromatic N) is 3. The molecule has 1 aliphatic heterocycles. The quantitative estimate of drug-likeness (QED) is 0.376. The smallest absolute Gasteiger partial charge is 0.151 e. The van der Waals surface area contributed by atoms with Crippen LogP contribution in [-0.2, 0) is 0 Å². The van der Waals surface area contributed by atoms with Crippen LogP contribution >= 0.6 is 0 Å². The highest BCUT2D eigenvalue weighted by Crippen LogP contribution is 2.51. The molecule has 0 atom stereocenters. The lowest BCUT2D eigenvalue weighted by molar-refractivity contribution is 0.477. The Kier molecular flexibility index (Phi) is 3.78. The maximum absolute atomic E-state index is 9.04. The minimum Gasteiger partial charge on any atom is -0.453 e. The molecular formula is C24H15N3O. The minimum absolute atomic E-state index is 0.406. The van der Waals surface area contributed by atoms with E-state index in [9.17, 15) is 0 Å². The first-order valence-corrected chi connectivity index (χ1v) is 8.97. The van der Waals surface area contributed by atoms with E-state index in [-0.39, 0.29) is 0 Å². The van der Waals surface area contributed by atoms with Crippen LogP contribution in [0.25, 0.3) is 11.1 Å². The molecule has 0 bridgehead atoms. The summed E-state index contributed by atoms with van der Waals surface area (Å²) in [7, 11) is 0. The maximum atomic E-state index is 9.04. The highest BCUT2D eigenvalue weighted by molar-refractivity contribution is 5.92. The van der Waals surface area contributed by atoms with Crippen molar-refractivity contribution in [2.45, 2.75) is 0 Å². The molecule has 1 aromatic heterocycles. The second-order valence-electron chi connectivity index (χ2n) is 6.43. The number of hydrogen-bond donors (Lipinski definition) is 0. The number of hydrogen-bond acceptors (Lipinski definition) is 4. The fourth-order valence-electron chi connectivity index (χ4n) is 3.50. The van der Waals surface area contributed by atoms with Gasteiger partial charge in [-0.25, -0.2) is 4.98 Å². The highest BCUT2D eigenvalue weighted by Gasteiger charge is 2.26. The largest absolute Gasteiger partial charge is 0.453 e. The molecule has 28 heavy (non-hydrogen) atoms.